The molecule has 0 unspecified atom stereocenters. The van der Waals surface area contributed by atoms with Crippen LogP contribution in [0, 0.1) is 20.2 Å². The second kappa shape index (κ2) is 16.6. The zero-order valence-corrected chi connectivity index (χ0v) is 26.7. The first-order chi connectivity index (χ1) is 20.8. The molecule has 0 heterocycles. The van der Waals surface area contributed by atoms with Gasteiger partial charge in [-0.1, -0.05) is 78.5 Å². The first-order valence-corrected chi connectivity index (χ1v) is 16.7. The number of nitro benzene ring substituents is 2. The van der Waals surface area contributed by atoms with Crippen molar-refractivity contribution in [3.63, 3.8) is 0 Å². The van der Waals surface area contributed by atoms with Crippen LogP contribution in [0.25, 0.3) is 0 Å². The van der Waals surface area contributed by atoms with E-state index in [1.807, 2.05) is 0 Å². The molecule has 0 fully saturated rings. The summed E-state index contributed by atoms with van der Waals surface area (Å²) >= 11 is 0. The maximum absolute atomic E-state index is 10.9. The molecule has 0 aliphatic heterocycles. The maximum Gasteiger partial charge on any atom is 2.00 e. The third-order valence-corrected chi connectivity index (χ3v) is 12.8. The molecule has 0 saturated heterocycles. The van der Waals surface area contributed by atoms with E-state index >= 15 is 0 Å². The minimum Gasteiger partial charge on any atom is -0.870 e. The molecule has 1 N–H and O–H groups in total. The average Bonchev–Trinajstić information content (AvgIpc) is 3.04. The van der Waals surface area contributed by atoms with Crippen molar-refractivity contribution in [2.45, 2.75) is 0 Å². The first-order valence-electron chi connectivity index (χ1n) is 13.2. The quantitative estimate of drug-likeness (QED) is 0.104. The first kappa shape index (κ1) is 34.3. The van der Waals surface area contributed by atoms with Gasteiger partial charge in [-0.25, -0.2) is 0 Å². The summed E-state index contributed by atoms with van der Waals surface area (Å²) < 4.78 is 0. The second-order valence-electron chi connectivity index (χ2n) is 9.36. The molecule has 0 atom stereocenters. The van der Waals surface area contributed by atoms with Gasteiger partial charge in [0.25, 0.3) is 5.69 Å². The number of hydrogen-bond donors (Lipinski definition) is 1. The summed E-state index contributed by atoms with van der Waals surface area (Å²) in [6.45, 7) is 0. The molecule has 5 aromatic carbocycles. The van der Waals surface area contributed by atoms with Crippen LogP contribution in [0.5, 0.6) is 17.2 Å². The Kier molecular flexibility index (Phi) is 13.0. The van der Waals surface area contributed by atoms with E-state index in [9.17, 15) is 30.4 Å². The number of rotatable bonds is 9. The minimum absolute atomic E-state index is 0. The molecule has 44 heavy (non-hydrogen) atoms. The number of nitrogens with zero attached hydrogens (tertiary/aromatic N) is 2. The van der Waals surface area contributed by atoms with Crippen molar-refractivity contribution in [3.8, 4) is 17.2 Å². The van der Waals surface area contributed by atoms with E-state index in [4.69, 9.17) is 5.11 Å². The molecule has 0 radical (unpaired) electrons. The Balaban J connectivity index is 0.000000282. The van der Waals surface area contributed by atoms with Gasteiger partial charge in [0.05, 0.1) is 53.0 Å². The molecule has 0 amide bonds. The van der Waals surface area contributed by atoms with Gasteiger partial charge in [0.15, 0.2) is 5.75 Å². The van der Waals surface area contributed by atoms with Crippen LogP contribution in [-0.4, -0.2) is 27.3 Å². The topological polar surface area (TPSA) is 153 Å². The molecule has 0 aromatic heterocycles. The number of hydrogen-bond acceptors (Lipinski definition) is 7. The molecule has 0 bridgehead atoms. The van der Waals surface area contributed by atoms with E-state index in [0.29, 0.717) is 0 Å². The van der Waals surface area contributed by atoms with Crippen LogP contribution in [0.4, 0.5) is 11.4 Å². The Morgan fingerprint density at radius 1 is 0.523 bits per heavy atom. The van der Waals surface area contributed by atoms with Crippen molar-refractivity contribution in [1.29, 1.82) is 0 Å². The maximum atomic E-state index is 10.9. The van der Waals surface area contributed by atoms with Gasteiger partial charge in [-0.05, 0) is 54.3 Å². The molecule has 12 heteroatoms. The van der Waals surface area contributed by atoms with Gasteiger partial charge in [-0.3, -0.25) is 20.2 Å². The van der Waals surface area contributed by atoms with Crippen LogP contribution in [-0.2, 0) is 20.4 Å². The zero-order chi connectivity index (χ0) is 30.8. The van der Waals surface area contributed by atoms with Crippen molar-refractivity contribution in [2.75, 3.05) is 12.3 Å². The van der Waals surface area contributed by atoms with Crippen molar-refractivity contribution in [3.05, 3.63) is 148 Å². The van der Waals surface area contributed by atoms with E-state index in [-0.39, 0.29) is 26.5 Å². The standard InChI is InChI=1S/C26H24P2.C6H4N2O7.Pd/c1-5-13-23(14-6-1)27(24-15-7-2-8-16-24)21-22-28(25-17-9-3-10-18-25)26-19-11-4-12-20-26;9-4-2(7(12)13)1-3(8(14)15)5(10)6(4)11;/h1-20H,21-22H2;1,9-11H;/q;;+2. The van der Waals surface area contributed by atoms with Crippen LogP contribution < -0.4 is 31.4 Å². The van der Waals surface area contributed by atoms with Gasteiger partial charge < -0.3 is 15.3 Å². The summed E-state index contributed by atoms with van der Waals surface area (Å²) in [6.07, 6.45) is 2.52. The third kappa shape index (κ3) is 8.69. The molecule has 0 spiro atoms. The Labute approximate surface area is 270 Å². The third-order valence-electron chi connectivity index (χ3n) is 6.68. The van der Waals surface area contributed by atoms with Crippen LogP contribution >= 0.6 is 15.8 Å². The second-order valence-corrected chi connectivity index (χ2v) is 14.6. The number of phenolic OH excluding ortho intramolecular Hbond substituents is 1. The van der Waals surface area contributed by atoms with E-state index in [0.717, 1.165) is 0 Å². The number of benzene rings is 5. The SMILES string of the molecule is O=[N+]([O-])c1cc([N+](=O)[O-])c(O)c([O-])c1[O-].[Pd+2].c1ccc([PH+](CC[PH+](c2ccccc2)c2ccccc2)c2ccccc2)cc1. The van der Waals surface area contributed by atoms with Crippen molar-refractivity contribution in [2.24, 2.45) is 0 Å². The van der Waals surface area contributed by atoms with Crippen molar-refractivity contribution in [1.82, 2.24) is 0 Å². The van der Waals surface area contributed by atoms with E-state index in [1.165, 1.54) is 33.5 Å². The Hall–Kier alpha value is -4.18. The van der Waals surface area contributed by atoms with Crippen LogP contribution in [0.15, 0.2) is 127 Å². The van der Waals surface area contributed by atoms with Crippen molar-refractivity contribution >= 4 is 48.4 Å². The van der Waals surface area contributed by atoms with E-state index in [2.05, 4.69) is 121 Å². The fourth-order valence-corrected chi connectivity index (χ4v) is 10.8. The van der Waals surface area contributed by atoms with Crippen LogP contribution in [0.3, 0.4) is 0 Å². The normalized spacial score (nSPS) is 10.4. The van der Waals surface area contributed by atoms with Gasteiger partial charge in [0.2, 0.25) is 0 Å². The summed E-state index contributed by atoms with van der Waals surface area (Å²) in [7, 11) is -1.57. The zero-order valence-electron chi connectivity index (χ0n) is 23.1. The Morgan fingerprint density at radius 2 is 0.818 bits per heavy atom. The van der Waals surface area contributed by atoms with Gasteiger partial charge in [0, 0.05) is 0 Å². The number of aromatic hydroxyl groups is 1. The molecule has 9 nitrogen and oxygen atoms in total. The van der Waals surface area contributed by atoms with E-state index < -0.39 is 54.3 Å². The summed E-state index contributed by atoms with van der Waals surface area (Å²) in [4.78, 5) is 18.0. The molecular weight excluding hydrogens is 693 g/mol. The molecule has 0 saturated carbocycles. The summed E-state index contributed by atoms with van der Waals surface area (Å²) in [5.41, 5.74) is -2.39. The summed E-state index contributed by atoms with van der Waals surface area (Å²) in [5, 5.41) is 57.1. The predicted octanol–water partition coefficient (Wildman–Crippen LogP) is 4.07. The van der Waals surface area contributed by atoms with Gasteiger partial charge in [0.1, 0.15) is 12.3 Å². The van der Waals surface area contributed by atoms with Gasteiger partial charge in [-0.2, -0.15) is 0 Å². The summed E-state index contributed by atoms with van der Waals surface area (Å²) in [5.74, 6) is -4.63. The van der Waals surface area contributed by atoms with Crippen LogP contribution in [0.2, 0.25) is 0 Å². The molecule has 5 aromatic rings. The molecule has 0 aliphatic carbocycles. The molecule has 5 rings (SSSR count). The number of phenols is 1. The largest absolute Gasteiger partial charge is 2.00 e. The van der Waals surface area contributed by atoms with Crippen molar-refractivity contribution < 1.29 is 45.6 Å². The average molecular weight is 721 g/mol. The monoisotopic (exact) mass is 720 g/mol. The smallest absolute Gasteiger partial charge is 0.870 e. The predicted molar refractivity (Wildman–Crippen MR) is 171 cm³/mol. The number of nitro groups is 2. The molecule has 226 valence electrons. The van der Waals surface area contributed by atoms with Gasteiger partial charge >= 0.3 is 26.1 Å². The molecular formula is C32H28N2O7P2Pd+2. The fourth-order valence-electron chi connectivity index (χ4n) is 4.60. The van der Waals surface area contributed by atoms with Crippen LogP contribution in [0.1, 0.15) is 0 Å². The molecule has 0 aliphatic rings. The Morgan fingerprint density at radius 3 is 1.09 bits per heavy atom. The summed E-state index contributed by atoms with van der Waals surface area (Å²) in [6, 6.07) is 44.8. The minimum atomic E-state index is -1.66. The Bertz CT molecular complexity index is 1470. The van der Waals surface area contributed by atoms with E-state index in [1.54, 1.807) is 0 Å². The van der Waals surface area contributed by atoms with Gasteiger partial charge in [-0.15, -0.1) is 0 Å². The fraction of sp³-hybridized carbons (Fsp3) is 0.0625.